The van der Waals surface area contributed by atoms with Crippen LogP contribution < -0.4 is 10.6 Å². The second kappa shape index (κ2) is 6.69. The maximum absolute atomic E-state index is 11.9. The van der Waals surface area contributed by atoms with Crippen molar-refractivity contribution in [2.75, 3.05) is 0 Å². The van der Waals surface area contributed by atoms with Gasteiger partial charge in [-0.2, -0.15) is 0 Å². The van der Waals surface area contributed by atoms with Crippen LogP contribution in [0.3, 0.4) is 0 Å². The number of nitrogens with one attached hydrogen (secondary N) is 2. The summed E-state index contributed by atoms with van der Waals surface area (Å²) in [6.45, 7) is 7.14. The third-order valence-electron chi connectivity index (χ3n) is 2.97. The fourth-order valence-electron chi connectivity index (χ4n) is 1.84. The van der Waals surface area contributed by atoms with Gasteiger partial charge in [0.05, 0.1) is 6.04 Å². The fourth-order valence-corrected chi connectivity index (χ4v) is 2.62. The minimum Gasteiger partial charge on any atom is -0.480 e. The van der Waals surface area contributed by atoms with Crippen LogP contribution in [0.25, 0.3) is 0 Å². The number of carbonyl (C=O) groups is 2. The van der Waals surface area contributed by atoms with Crippen molar-refractivity contribution in [2.45, 2.75) is 52.1 Å². The van der Waals surface area contributed by atoms with E-state index in [-0.39, 0.29) is 6.04 Å². The van der Waals surface area contributed by atoms with Crippen molar-refractivity contribution in [3.8, 4) is 0 Å². The van der Waals surface area contributed by atoms with E-state index in [1.807, 2.05) is 20.8 Å². The zero-order valence-corrected chi connectivity index (χ0v) is 13.0. The van der Waals surface area contributed by atoms with Crippen molar-refractivity contribution in [2.24, 2.45) is 0 Å². The Bertz CT molecular complexity index is 489. The molecule has 0 aliphatic heterocycles. The minimum atomic E-state index is -1.25. The first kappa shape index (κ1) is 16.4. The first-order valence-electron chi connectivity index (χ1n) is 6.53. The third-order valence-corrected chi connectivity index (χ3v) is 4.06. The molecule has 0 saturated carbocycles. The molecule has 2 unspecified atom stereocenters. The van der Waals surface area contributed by atoms with E-state index in [4.69, 9.17) is 0 Å². The number of nitrogens with zero attached hydrogens (tertiary/aromatic N) is 1. The number of urea groups is 1. The second-order valence-corrected chi connectivity index (χ2v) is 6.28. The summed E-state index contributed by atoms with van der Waals surface area (Å²) in [5.41, 5.74) is -1.25. The van der Waals surface area contributed by atoms with Gasteiger partial charge in [0.15, 0.2) is 0 Å². The summed E-state index contributed by atoms with van der Waals surface area (Å²) in [5.74, 6) is -1.03. The third kappa shape index (κ3) is 4.19. The van der Waals surface area contributed by atoms with Crippen LogP contribution in [-0.2, 0) is 4.79 Å². The van der Waals surface area contributed by atoms with Gasteiger partial charge < -0.3 is 15.7 Å². The first-order chi connectivity index (χ1) is 9.28. The number of aryl methyl sites for hydroxylation is 1. The fraction of sp³-hybridized carbons (Fsp3) is 0.615. The highest BCUT2D eigenvalue weighted by atomic mass is 32.1. The molecule has 2 atom stereocenters. The van der Waals surface area contributed by atoms with Crippen molar-refractivity contribution in [1.29, 1.82) is 0 Å². The van der Waals surface area contributed by atoms with Gasteiger partial charge in [0.2, 0.25) is 0 Å². The first-order valence-corrected chi connectivity index (χ1v) is 7.34. The number of carboxylic acid groups (broad SMARTS) is 1. The number of hydrogen-bond acceptors (Lipinski definition) is 4. The Morgan fingerprint density at radius 2 is 2.20 bits per heavy atom. The molecule has 0 aliphatic carbocycles. The van der Waals surface area contributed by atoms with E-state index in [0.717, 1.165) is 9.88 Å². The Labute approximate surface area is 122 Å². The molecule has 1 aromatic heterocycles. The summed E-state index contributed by atoms with van der Waals surface area (Å²) < 4.78 is 0. The molecular formula is C13H21N3O3S. The highest BCUT2D eigenvalue weighted by Crippen LogP contribution is 2.19. The molecule has 1 aromatic rings. The highest BCUT2D eigenvalue weighted by Gasteiger charge is 2.34. The molecule has 112 valence electrons. The van der Waals surface area contributed by atoms with Gasteiger partial charge in [-0.1, -0.05) is 13.3 Å². The number of rotatable bonds is 6. The molecule has 0 radical (unpaired) electrons. The summed E-state index contributed by atoms with van der Waals surface area (Å²) in [4.78, 5) is 28.4. The van der Waals surface area contributed by atoms with Crippen molar-refractivity contribution >= 4 is 23.3 Å². The summed E-state index contributed by atoms with van der Waals surface area (Å²) in [6, 6.07) is -0.753. The van der Waals surface area contributed by atoms with Gasteiger partial charge in [0, 0.05) is 11.1 Å². The molecule has 20 heavy (non-hydrogen) atoms. The van der Waals surface area contributed by atoms with Crippen molar-refractivity contribution < 1.29 is 14.7 Å². The van der Waals surface area contributed by atoms with Gasteiger partial charge in [0.1, 0.15) is 10.5 Å². The number of aromatic nitrogens is 1. The maximum Gasteiger partial charge on any atom is 0.329 e. The van der Waals surface area contributed by atoms with Crippen molar-refractivity contribution in [3.63, 3.8) is 0 Å². The molecule has 0 aromatic carbocycles. The van der Waals surface area contributed by atoms with E-state index in [0.29, 0.717) is 12.8 Å². The number of carbonyl (C=O) groups excluding carboxylic acids is 1. The molecule has 0 aliphatic rings. The zero-order chi connectivity index (χ0) is 15.3. The van der Waals surface area contributed by atoms with Gasteiger partial charge in [-0.3, -0.25) is 0 Å². The Morgan fingerprint density at radius 1 is 1.55 bits per heavy atom. The largest absolute Gasteiger partial charge is 0.480 e. The molecule has 0 fully saturated rings. The quantitative estimate of drug-likeness (QED) is 0.752. The summed E-state index contributed by atoms with van der Waals surface area (Å²) in [5, 5.41) is 15.3. The van der Waals surface area contributed by atoms with Crippen molar-refractivity contribution in [1.82, 2.24) is 15.6 Å². The van der Waals surface area contributed by atoms with Gasteiger partial charge in [-0.05, 0) is 27.2 Å². The Morgan fingerprint density at radius 3 is 2.65 bits per heavy atom. The minimum absolute atomic E-state index is 0.256. The predicted molar refractivity (Wildman–Crippen MR) is 77.9 cm³/mol. The Balaban J connectivity index is 2.64. The van der Waals surface area contributed by atoms with Crippen LogP contribution in [0.2, 0.25) is 0 Å². The smallest absolute Gasteiger partial charge is 0.329 e. The van der Waals surface area contributed by atoms with Crippen LogP contribution in [-0.4, -0.2) is 27.6 Å². The summed E-state index contributed by atoms with van der Waals surface area (Å²) in [7, 11) is 0. The van der Waals surface area contributed by atoms with Crippen LogP contribution in [0.1, 0.15) is 49.5 Å². The molecule has 1 heterocycles. The number of hydrogen-bond donors (Lipinski definition) is 3. The topological polar surface area (TPSA) is 91.3 Å². The standard InChI is InChI=1S/C13H21N3O3S/c1-5-6-13(4,11(17)18)16-12(19)15-9(3)10-14-7-8(2)20-10/h7,9H,5-6H2,1-4H3,(H,17,18)(H2,15,16,19). The number of thiazole rings is 1. The number of amides is 2. The molecule has 2 amide bonds. The lowest BCUT2D eigenvalue weighted by Gasteiger charge is -2.26. The van der Waals surface area contributed by atoms with Crippen LogP contribution >= 0.6 is 11.3 Å². The van der Waals surface area contributed by atoms with Crippen LogP contribution in [0.5, 0.6) is 0 Å². The van der Waals surface area contributed by atoms with E-state index < -0.39 is 17.5 Å². The van der Waals surface area contributed by atoms with E-state index in [1.165, 1.54) is 18.3 Å². The van der Waals surface area contributed by atoms with E-state index in [1.54, 1.807) is 6.20 Å². The molecule has 3 N–H and O–H groups in total. The monoisotopic (exact) mass is 299 g/mol. The molecule has 1 rings (SSSR count). The predicted octanol–water partition coefficient (Wildman–Crippen LogP) is 2.46. The highest BCUT2D eigenvalue weighted by molar-refractivity contribution is 7.11. The van der Waals surface area contributed by atoms with Gasteiger partial charge in [-0.15, -0.1) is 11.3 Å². The lowest BCUT2D eigenvalue weighted by Crippen LogP contribution is -2.55. The maximum atomic E-state index is 11.9. The average molecular weight is 299 g/mol. The van der Waals surface area contributed by atoms with Gasteiger partial charge in [0.25, 0.3) is 0 Å². The van der Waals surface area contributed by atoms with Crippen LogP contribution in [0, 0.1) is 6.92 Å². The normalized spacial score (nSPS) is 15.2. The number of carboxylic acids is 1. The van der Waals surface area contributed by atoms with Gasteiger partial charge in [-0.25, -0.2) is 14.6 Å². The van der Waals surface area contributed by atoms with Crippen LogP contribution in [0.4, 0.5) is 4.79 Å². The molecule has 7 heteroatoms. The lowest BCUT2D eigenvalue weighted by molar-refractivity contribution is -0.144. The molecule has 0 spiro atoms. The Kier molecular flexibility index (Phi) is 5.50. The molecule has 0 saturated heterocycles. The van der Waals surface area contributed by atoms with E-state index in [9.17, 15) is 14.7 Å². The molecular weight excluding hydrogens is 278 g/mol. The molecule has 6 nitrogen and oxygen atoms in total. The Hall–Kier alpha value is -1.63. The van der Waals surface area contributed by atoms with Crippen molar-refractivity contribution in [3.05, 3.63) is 16.1 Å². The van der Waals surface area contributed by atoms with E-state index in [2.05, 4.69) is 15.6 Å². The lowest BCUT2D eigenvalue weighted by atomic mass is 9.97. The number of aliphatic carboxylic acids is 1. The average Bonchev–Trinajstić information content (AvgIpc) is 2.75. The SMILES string of the molecule is CCCC(C)(NC(=O)NC(C)c1ncc(C)s1)C(=O)O. The summed E-state index contributed by atoms with van der Waals surface area (Å²) in [6.07, 6.45) is 2.79. The summed E-state index contributed by atoms with van der Waals surface area (Å²) >= 11 is 1.50. The van der Waals surface area contributed by atoms with Gasteiger partial charge >= 0.3 is 12.0 Å². The zero-order valence-electron chi connectivity index (χ0n) is 12.2. The second-order valence-electron chi connectivity index (χ2n) is 5.02. The van der Waals surface area contributed by atoms with E-state index >= 15 is 0 Å². The molecule has 0 bridgehead atoms. The van der Waals surface area contributed by atoms with Crippen LogP contribution in [0.15, 0.2) is 6.20 Å².